The minimum absolute atomic E-state index is 0.114. The van der Waals surface area contributed by atoms with E-state index < -0.39 is 23.9 Å². The van der Waals surface area contributed by atoms with Gasteiger partial charge in [-0.15, -0.1) is 0 Å². The van der Waals surface area contributed by atoms with E-state index in [9.17, 15) is 19.2 Å². The van der Waals surface area contributed by atoms with Crippen molar-refractivity contribution < 1.29 is 33.3 Å². The lowest BCUT2D eigenvalue weighted by molar-refractivity contribution is -0.140. The second-order valence-corrected chi connectivity index (χ2v) is 10.9. The van der Waals surface area contributed by atoms with Gasteiger partial charge >= 0.3 is 17.9 Å². The third kappa shape index (κ3) is 6.52. The van der Waals surface area contributed by atoms with E-state index in [0.717, 1.165) is 0 Å². The summed E-state index contributed by atoms with van der Waals surface area (Å²) in [6.45, 7) is 9.25. The molecule has 3 aromatic rings. The zero-order chi connectivity index (χ0) is 30.6. The zero-order valence-corrected chi connectivity index (χ0v) is 25.1. The lowest BCUT2D eigenvalue weighted by Gasteiger charge is -2.25. The monoisotopic (exact) mass is 592 g/mol. The summed E-state index contributed by atoms with van der Waals surface area (Å²) in [5.41, 5.74) is 1.90. The van der Waals surface area contributed by atoms with Crippen molar-refractivity contribution >= 4 is 35.3 Å². The summed E-state index contributed by atoms with van der Waals surface area (Å²) in [5, 5.41) is 0. The fraction of sp³-hybridized carbons (Fsp3) is 0.323. The van der Waals surface area contributed by atoms with Gasteiger partial charge in [0, 0.05) is 6.92 Å². The summed E-state index contributed by atoms with van der Waals surface area (Å²) in [6.07, 6.45) is 1.69. The minimum atomic E-state index is -0.833. The van der Waals surface area contributed by atoms with Crippen LogP contribution in [0.15, 0.2) is 63.5 Å². The summed E-state index contributed by atoms with van der Waals surface area (Å²) in [5.74, 6) is -0.789. The van der Waals surface area contributed by atoms with E-state index >= 15 is 0 Å². The van der Waals surface area contributed by atoms with Crippen molar-refractivity contribution in [2.75, 3.05) is 20.3 Å². The largest absolute Gasteiger partial charge is 0.490 e. The number of nitrogens with zero attached hydrogens (tertiary/aromatic N) is 2. The van der Waals surface area contributed by atoms with Gasteiger partial charge in [0.1, 0.15) is 0 Å². The number of carbonyl (C=O) groups is 3. The Bertz CT molecular complexity index is 1730. The van der Waals surface area contributed by atoms with Gasteiger partial charge in [-0.05, 0) is 61.2 Å². The number of carbonyl (C=O) groups excluding carboxylic acids is 3. The maximum Gasteiger partial charge on any atom is 0.338 e. The standard InChI is InChI=1S/C31H32N2O8S/c1-7-39-24-14-20(8-13-23(24)41-19(5)34)15-25-28(35)33-27(21-9-11-22(12-10-21)29(36)38-6)26(18(4)32-31(33)42-25)30(37)40-16-17(2)3/h8-15,17,27H,7,16H2,1-6H3. The smallest absolute Gasteiger partial charge is 0.338 e. The van der Waals surface area contributed by atoms with Crippen LogP contribution in [0.2, 0.25) is 0 Å². The Hall–Kier alpha value is -4.51. The molecule has 0 N–H and O–H groups in total. The lowest BCUT2D eigenvalue weighted by Crippen LogP contribution is -2.40. The molecule has 1 aliphatic heterocycles. The maximum absolute atomic E-state index is 13.9. The van der Waals surface area contributed by atoms with Gasteiger partial charge in [0.25, 0.3) is 5.56 Å². The number of ether oxygens (including phenoxy) is 4. The van der Waals surface area contributed by atoms with E-state index in [1.54, 1.807) is 55.5 Å². The predicted octanol–water partition coefficient (Wildman–Crippen LogP) is 3.55. The molecule has 42 heavy (non-hydrogen) atoms. The van der Waals surface area contributed by atoms with Crippen molar-refractivity contribution in [2.45, 2.75) is 40.7 Å². The first-order chi connectivity index (χ1) is 20.0. The molecule has 0 saturated heterocycles. The average Bonchev–Trinajstić information content (AvgIpc) is 3.25. The van der Waals surface area contributed by atoms with Crippen LogP contribution in [-0.4, -0.2) is 42.8 Å². The molecule has 1 atom stereocenters. The average molecular weight is 593 g/mol. The maximum atomic E-state index is 13.9. The van der Waals surface area contributed by atoms with Gasteiger partial charge in [-0.1, -0.05) is 43.4 Å². The molecular formula is C31H32N2O8S. The van der Waals surface area contributed by atoms with Crippen molar-refractivity contribution in [1.29, 1.82) is 0 Å². The summed E-state index contributed by atoms with van der Waals surface area (Å²) < 4.78 is 23.1. The van der Waals surface area contributed by atoms with Crippen molar-refractivity contribution in [3.05, 3.63) is 90.1 Å². The Morgan fingerprint density at radius 2 is 1.79 bits per heavy atom. The van der Waals surface area contributed by atoms with Crippen LogP contribution in [0.25, 0.3) is 6.08 Å². The van der Waals surface area contributed by atoms with Crippen molar-refractivity contribution in [3.63, 3.8) is 0 Å². The molecule has 0 amide bonds. The van der Waals surface area contributed by atoms with Gasteiger partial charge < -0.3 is 18.9 Å². The molecule has 220 valence electrons. The highest BCUT2D eigenvalue weighted by atomic mass is 32.1. The van der Waals surface area contributed by atoms with Gasteiger partial charge in [-0.3, -0.25) is 14.2 Å². The van der Waals surface area contributed by atoms with Gasteiger partial charge in [0.2, 0.25) is 0 Å². The first kappa shape index (κ1) is 30.4. The molecule has 0 fully saturated rings. The molecular weight excluding hydrogens is 560 g/mol. The van der Waals surface area contributed by atoms with Crippen LogP contribution >= 0.6 is 11.3 Å². The molecule has 0 saturated carbocycles. The van der Waals surface area contributed by atoms with E-state index in [4.69, 9.17) is 18.9 Å². The Labute approximate surface area is 246 Å². The van der Waals surface area contributed by atoms with Crippen LogP contribution in [0.5, 0.6) is 11.5 Å². The van der Waals surface area contributed by atoms with E-state index in [1.165, 1.54) is 29.9 Å². The van der Waals surface area contributed by atoms with Crippen LogP contribution in [0.1, 0.15) is 62.1 Å². The van der Waals surface area contributed by atoms with E-state index in [2.05, 4.69) is 4.99 Å². The fourth-order valence-corrected chi connectivity index (χ4v) is 5.46. The van der Waals surface area contributed by atoms with Crippen LogP contribution in [0.3, 0.4) is 0 Å². The van der Waals surface area contributed by atoms with E-state index in [1.807, 2.05) is 20.8 Å². The molecule has 0 aliphatic carbocycles. The molecule has 0 spiro atoms. The molecule has 1 unspecified atom stereocenters. The molecule has 4 rings (SSSR count). The number of hydrogen-bond acceptors (Lipinski definition) is 10. The molecule has 0 radical (unpaired) electrons. The highest BCUT2D eigenvalue weighted by Crippen LogP contribution is 2.32. The Balaban J connectivity index is 1.86. The minimum Gasteiger partial charge on any atom is -0.490 e. The summed E-state index contributed by atoms with van der Waals surface area (Å²) in [6, 6.07) is 10.7. The Morgan fingerprint density at radius 1 is 1.07 bits per heavy atom. The van der Waals surface area contributed by atoms with Gasteiger partial charge in [0.15, 0.2) is 16.3 Å². The molecule has 0 bridgehead atoms. The number of fused-ring (bicyclic) bond motifs is 1. The molecule has 1 aliphatic rings. The van der Waals surface area contributed by atoms with Crippen molar-refractivity contribution in [2.24, 2.45) is 10.9 Å². The zero-order valence-electron chi connectivity index (χ0n) is 24.3. The fourth-order valence-electron chi connectivity index (χ4n) is 4.41. The Kier molecular flexibility index (Phi) is 9.41. The van der Waals surface area contributed by atoms with Gasteiger partial charge in [-0.2, -0.15) is 0 Å². The lowest BCUT2D eigenvalue weighted by atomic mass is 9.95. The SMILES string of the molecule is CCOc1cc(C=c2sc3n(c2=O)C(c2ccc(C(=O)OC)cc2)C(C(=O)OCC(C)C)=C(C)N=3)ccc1OC(C)=O. The second-order valence-electron chi connectivity index (χ2n) is 9.92. The highest BCUT2D eigenvalue weighted by Gasteiger charge is 2.33. The van der Waals surface area contributed by atoms with Crippen LogP contribution in [-0.2, 0) is 19.1 Å². The van der Waals surface area contributed by atoms with Crippen molar-refractivity contribution in [3.8, 4) is 11.5 Å². The van der Waals surface area contributed by atoms with Gasteiger partial charge in [-0.25, -0.2) is 14.6 Å². The third-order valence-corrected chi connectivity index (χ3v) is 7.24. The molecule has 1 aromatic heterocycles. The third-order valence-electron chi connectivity index (χ3n) is 6.26. The number of thiazole rings is 1. The summed E-state index contributed by atoms with van der Waals surface area (Å²) in [7, 11) is 1.30. The summed E-state index contributed by atoms with van der Waals surface area (Å²) in [4.78, 5) is 55.8. The van der Waals surface area contributed by atoms with Crippen LogP contribution < -0.4 is 24.4 Å². The molecule has 2 heterocycles. The highest BCUT2D eigenvalue weighted by molar-refractivity contribution is 7.07. The number of rotatable bonds is 9. The molecule has 11 heteroatoms. The van der Waals surface area contributed by atoms with E-state index in [0.29, 0.717) is 44.1 Å². The predicted molar refractivity (Wildman–Crippen MR) is 156 cm³/mol. The van der Waals surface area contributed by atoms with Crippen molar-refractivity contribution in [1.82, 2.24) is 4.57 Å². The number of hydrogen-bond donors (Lipinski definition) is 0. The van der Waals surface area contributed by atoms with Crippen LogP contribution in [0, 0.1) is 5.92 Å². The second kappa shape index (κ2) is 13.0. The summed E-state index contributed by atoms with van der Waals surface area (Å²) >= 11 is 1.18. The van der Waals surface area contributed by atoms with Gasteiger partial charge in [0.05, 0.1) is 47.7 Å². The van der Waals surface area contributed by atoms with Crippen LogP contribution in [0.4, 0.5) is 0 Å². The number of aromatic nitrogens is 1. The molecule has 2 aromatic carbocycles. The quantitative estimate of drug-likeness (QED) is 0.273. The number of allylic oxidation sites excluding steroid dienone is 1. The topological polar surface area (TPSA) is 122 Å². The van der Waals surface area contributed by atoms with E-state index in [-0.39, 0.29) is 29.4 Å². The Morgan fingerprint density at radius 3 is 2.40 bits per heavy atom. The normalized spacial score (nSPS) is 14.7. The first-order valence-corrected chi connectivity index (χ1v) is 14.2. The number of benzene rings is 2. The number of methoxy groups -OCH3 is 1. The number of esters is 3. The molecule has 10 nitrogen and oxygen atoms in total. The first-order valence-electron chi connectivity index (χ1n) is 13.4.